The van der Waals surface area contributed by atoms with Crippen molar-refractivity contribution in [2.75, 3.05) is 17.2 Å². The van der Waals surface area contributed by atoms with Crippen molar-refractivity contribution in [2.24, 2.45) is 5.73 Å². The minimum Gasteiger partial charge on any atom is -0.479 e. The van der Waals surface area contributed by atoms with Gasteiger partial charge in [0.15, 0.2) is 11.2 Å². The lowest BCUT2D eigenvalue weighted by atomic mass is 10.1. The van der Waals surface area contributed by atoms with E-state index in [2.05, 4.69) is 15.6 Å². The van der Waals surface area contributed by atoms with E-state index >= 15 is 0 Å². The summed E-state index contributed by atoms with van der Waals surface area (Å²) in [4.78, 5) is 28.5. The molecular formula is C15H16N4O3S. The van der Waals surface area contributed by atoms with Crippen LogP contribution in [-0.4, -0.2) is 29.4 Å². The molecule has 0 radical (unpaired) electrons. The number of anilines is 2. The van der Waals surface area contributed by atoms with Crippen molar-refractivity contribution in [3.8, 4) is 17.0 Å². The van der Waals surface area contributed by atoms with E-state index < -0.39 is 6.10 Å². The fourth-order valence-corrected chi connectivity index (χ4v) is 3.10. The highest BCUT2D eigenvalue weighted by molar-refractivity contribution is 7.16. The van der Waals surface area contributed by atoms with Gasteiger partial charge < -0.3 is 21.1 Å². The van der Waals surface area contributed by atoms with Crippen LogP contribution < -0.4 is 21.1 Å². The van der Waals surface area contributed by atoms with Gasteiger partial charge in [0.2, 0.25) is 5.91 Å². The lowest BCUT2D eigenvalue weighted by Gasteiger charge is -2.23. The molecule has 23 heavy (non-hydrogen) atoms. The number of carbonyl (C=O) groups excluding carboxylic acids is 2. The third-order valence-electron chi connectivity index (χ3n) is 3.41. The van der Waals surface area contributed by atoms with Crippen LogP contribution in [-0.2, 0) is 9.59 Å². The standard InChI is InChI=1S/C15H16N4O3S/c1-7-14(21)17-10-5-9(3-4-11(10)22-7)13-8(2)23-15(19-13)18-12(20)6-16/h3-5,7H,6,16H2,1-2H3,(H,17,21)(H,18,19,20). The molecule has 2 heterocycles. The van der Waals surface area contributed by atoms with Gasteiger partial charge >= 0.3 is 0 Å². The highest BCUT2D eigenvalue weighted by Crippen LogP contribution is 2.36. The Morgan fingerprint density at radius 3 is 3.04 bits per heavy atom. The van der Waals surface area contributed by atoms with Crippen LogP contribution in [0.2, 0.25) is 0 Å². The molecule has 120 valence electrons. The van der Waals surface area contributed by atoms with Gasteiger partial charge in [-0.05, 0) is 32.0 Å². The quantitative estimate of drug-likeness (QED) is 0.794. The van der Waals surface area contributed by atoms with Crippen LogP contribution in [0.25, 0.3) is 11.3 Å². The Hall–Kier alpha value is -2.45. The van der Waals surface area contributed by atoms with Crippen LogP contribution in [0.1, 0.15) is 11.8 Å². The highest BCUT2D eigenvalue weighted by Gasteiger charge is 2.24. The molecule has 0 saturated carbocycles. The first-order valence-electron chi connectivity index (χ1n) is 7.07. The van der Waals surface area contributed by atoms with Crippen molar-refractivity contribution in [2.45, 2.75) is 20.0 Å². The van der Waals surface area contributed by atoms with E-state index in [0.29, 0.717) is 16.6 Å². The van der Waals surface area contributed by atoms with Crippen molar-refractivity contribution in [1.82, 2.24) is 4.98 Å². The van der Waals surface area contributed by atoms with Crippen LogP contribution in [0.3, 0.4) is 0 Å². The van der Waals surface area contributed by atoms with Crippen LogP contribution in [0.5, 0.6) is 5.75 Å². The maximum atomic E-state index is 11.7. The Balaban J connectivity index is 1.92. The monoisotopic (exact) mass is 332 g/mol. The van der Waals surface area contributed by atoms with Crippen molar-refractivity contribution < 1.29 is 14.3 Å². The number of benzene rings is 1. The van der Waals surface area contributed by atoms with Gasteiger partial charge in [-0.1, -0.05) is 0 Å². The lowest BCUT2D eigenvalue weighted by Crippen LogP contribution is -2.34. The Labute approximate surface area is 136 Å². The van der Waals surface area contributed by atoms with E-state index in [-0.39, 0.29) is 18.4 Å². The van der Waals surface area contributed by atoms with Crippen molar-refractivity contribution >= 4 is 34.0 Å². The van der Waals surface area contributed by atoms with Crippen molar-refractivity contribution in [3.05, 3.63) is 23.1 Å². The molecule has 1 unspecified atom stereocenters. The number of ether oxygens (including phenoxy) is 1. The first kappa shape index (κ1) is 15.4. The summed E-state index contributed by atoms with van der Waals surface area (Å²) in [6, 6.07) is 5.49. The second-order valence-corrected chi connectivity index (χ2v) is 6.34. The maximum absolute atomic E-state index is 11.7. The molecule has 7 nitrogen and oxygen atoms in total. The molecule has 1 aromatic heterocycles. The zero-order valence-electron chi connectivity index (χ0n) is 12.7. The van der Waals surface area contributed by atoms with Crippen molar-refractivity contribution in [1.29, 1.82) is 0 Å². The smallest absolute Gasteiger partial charge is 0.265 e. The summed E-state index contributed by atoms with van der Waals surface area (Å²) >= 11 is 1.37. The number of hydrogen-bond donors (Lipinski definition) is 3. The molecule has 1 aliphatic rings. The topological polar surface area (TPSA) is 106 Å². The van der Waals surface area contributed by atoms with E-state index in [1.807, 2.05) is 19.1 Å². The lowest BCUT2D eigenvalue weighted by molar-refractivity contribution is -0.122. The van der Waals surface area contributed by atoms with Crippen molar-refractivity contribution in [3.63, 3.8) is 0 Å². The number of hydrogen-bond acceptors (Lipinski definition) is 6. The molecular weight excluding hydrogens is 316 g/mol. The molecule has 0 spiro atoms. The number of nitrogens with two attached hydrogens (primary N) is 1. The first-order valence-corrected chi connectivity index (χ1v) is 7.89. The van der Waals surface area contributed by atoms with E-state index in [1.165, 1.54) is 11.3 Å². The molecule has 0 fully saturated rings. The summed E-state index contributed by atoms with van der Waals surface area (Å²) in [5.41, 5.74) is 7.49. The number of rotatable bonds is 3. The fraction of sp³-hybridized carbons (Fsp3) is 0.267. The SMILES string of the molecule is Cc1sc(NC(=O)CN)nc1-c1ccc2c(c1)NC(=O)C(C)O2. The third-order valence-corrected chi connectivity index (χ3v) is 4.30. The molecule has 3 rings (SSSR count). The van der Waals surface area contributed by atoms with Crippen LogP contribution in [0, 0.1) is 6.92 Å². The number of nitrogens with one attached hydrogen (secondary N) is 2. The summed E-state index contributed by atoms with van der Waals surface area (Å²) in [6.45, 7) is 3.53. The predicted octanol–water partition coefficient (Wildman–Crippen LogP) is 1.74. The first-order chi connectivity index (χ1) is 11.0. The summed E-state index contributed by atoms with van der Waals surface area (Å²) in [6.07, 6.45) is -0.507. The summed E-state index contributed by atoms with van der Waals surface area (Å²) < 4.78 is 5.54. The summed E-state index contributed by atoms with van der Waals surface area (Å²) in [5, 5.41) is 5.96. The maximum Gasteiger partial charge on any atom is 0.265 e. The Bertz CT molecular complexity index is 787. The second-order valence-electron chi connectivity index (χ2n) is 5.14. The molecule has 2 amide bonds. The van der Waals surface area contributed by atoms with E-state index in [0.717, 1.165) is 16.1 Å². The zero-order valence-corrected chi connectivity index (χ0v) is 13.5. The molecule has 2 aromatic rings. The zero-order chi connectivity index (χ0) is 16.6. The average Bonchev–Trinajstić information content (AvgIpc) is 2.88. The molecule has 0 saturated heterocycles. The largest absolute Gasteiger partial charge is 0.479 e. The molecule has 0 bridgehead atoms. The summed E-state index contributed by atoms with van der Waals surface area (Å²) in [5.74, 6) is 0.163. The Morgan fingerprint density at radius 1 is 1.52 bits per heavy atom. The molecule has 1 aromatic carbocycles. The third kappa shape index (κ3) is 3.03. The minimum absolute atomic E-state index is 0.0889. The van der Waals surface area contributed by atoms with Gasteiger partial charge in [-0.25, -0.2) is 4.98 Å². The van der Waals surface area contributed by atoms with E-state index in [1.54, 1.807) is 13.0 Å². The van der Waals surface area contributed by atoms with Gasteiger partial charge in [-0.15, -0.1) is 11.3 Å². The number of fused-ring (bicyclic) bond motifs is 1. The average molecular weight is 332 g/mol. The van der Waals surface area contributed by atoms with E-state index in [4.69, 9.17) is 10.5 Å². The van der Waals surface area contributed by atoms with Gasteiger partial charge in [0.1, 0.15) is 5.75 Å². The number of aromatic nitrogens is 1. The molecule has 1 atom stereocenters. The van der Waals surface area contributed by atoms with Gasteiger partial charge in [-0.3, -0.25) is 9.59 Å². The van der Waals surface area contributed by atoms with Crippen LogP contribution in [0.15, 0.2) is 18.2 Å². The normalized spacial score (nSPS) is 16.3. The van der Waals surface area contributed by atoms with Gasteiger partial charge in [0, 0.05) is 10.4 Å². The number of nitrogens with zero attached hydrogens (tertiary/aromatic N) is 1. The van der Waals surface area contributed by atoms with Crippen LogP contribution in [0.4, 0.5) is 10.8 Å². The molecule has 4 N–H and O–H groups in total. The highest BCUT2D eigenvalue weighted by atomic mass is 32.1. The Kier molecular flexibility index (Phi) is 4.01. The molecule has 0 aliphatic carbocycles. The fourth-order valence-electron chi connectivity index (χ4n) is 2.24. The number of aryl methyl sites for hydroxylation is 1. The molecule has 8 heteroatoms. The predicted molar refractivity (Wildman–Crippen MR) is 88.7 cm³/mol. The van der Waals surface area contributed by atoms with E-state index in [9.17, 15) is 9.59 Å². The van der Waals surface area contributed by atoms with Gasteiger partial charge in [-0.2, -0.15) is 0 Å². The van der Waals surface area contributed by atoms with Gasteiger partial charge in [0.25, 0.3) is 5.91 Å². The second kappa shape index (κ2) is 5.98. The number of thiazole rings is 1. The van der Waals surface area contributed by atoms with Crippen LogP contribution >= 0.6 is 11.3 Å². The van der Waals surface area contributed by atoms with Gasteiger partial charge in [0.05, 0.1) is 17.9 Å². The minimum atomic E-state index is -0.507. The summed E-state index contributed by atoms with van der Waals surface area (Å²) in [7, 11) is 0. The number of carbonyl (C=O) groups is 2. The molecule has 1 aliphatic heterocycles. The Morgan fingerprint density at radius 2 is 2.30 bits per heavy atom. The number of amides is 2.